The van der Waals surface area contributed by atoms with E-state index in [4.69, 9.17) is 16.3 Å². The number of sulfonamides is 1. The fraction of sp³-hybridized carbons (Fsp3) is 0.0952. The third kappa shape index (κ3) is 4.82. The molecule has 2 aromatic heterocycles. The van der Waals surface area contributed by atoms with Gasteiger partial charge in [-0.25, -0.2) is 14.5 Å². The molecule has 4 aromatic rings. The molecule has 0 aliphatic heterocycles. The van der Waals surface area contributed by atoms with E-state index in [2.05, 4.69) is 25.3 Å². The Morgan fingerprint density at radius 3 is 2.41 bits per heavy atom. The number of aryl methyl sites for hydroxylation is 1. The van der Waals surface area contributed by atoms with Gasteiger partial charge in [0.05, 0.1) is 13.3 Å². The second-order valence-electron chi connectivity index (χ2n) is 6.94. The van der Waals surface area contributed by atoms with Gasteiger partial charge in [0.25, 0.3) is 15.6 Å². The molecule has 0 saturated carbocycles. The number of halogens is 1. The first-order valence-corrected chi connectivity index (χ1v) is 11.6. The SMILES string of the molecule is COc1ccc(C=Nc2nc3[nH]nc(C)n3c(=O)c2S(=O)(=O)N/N=C/c2ccc(Cl)cc2)cc1. The largest absolute Gasteiger partial charge is 0.497 e. The van der Waals surface area contributed by atoms with Crippen LogP contribution in [0.25, 0.3) is 5.78 Å². The van der Waals surface area contributed by atoms with Crippen LogP contribution in [0.5, 0.6) is 5.75 Å². The van der Waals surface area contributed by atoms with Crippen LogP contribution in [0.4, 0.5) is 5.82 Å². The minimum absolute atomic E-state index is 0.0491. The highest BCUT2D eigenvalue weighted by molar-refractivity contribution is 7.89. The summed E-state index contributed by atoms with van der Waals surface area (Å²) in [5.41, 5.74) is 0.369. The first-order chi connectivity index (χ1) is 16.3. The van der Waals surface area contributed by atoms with Crippen molar-refractivity contribution in [2.75, 3.05) is 7.11 Å². The Labute approximate surface area is 198 Å². The minimum Gasteiger partial charge on any atom is -0.497 e. The van der Waals surface area contributed by atoms with Crippen LogP contribution in [0.15, 0.2) is 68.3 Å². The molecule has 174 valence electrons. The fourth-order valence-electron chi connectivity index (χ4n) is 2.96. The maximum atomic E-state index is 13.1. The van der Waals surface area contributed by atoms with E-state index < -0.39 is 20.5 Å². The molecule has 0 unspecified atom stereocenters. The molecule has 4 rings (SSSR count). The molecule has 0 aliphatic carbocycles. The van der Waals surface area contributed by atoms with E-state index in [1.165, 1.54) is 19.4 Å². The van der Waals surface area contributed by atoms with Crippen LogP contribution in [0, 0.1) is 6.92 Å². The van der Waals surface area contributed by atoms with Gasteiger partial charge < -0.3 is 4.74 Å². The third-order valence-electron chi connectivity index (χ3n) is 4.64. The van der Waals surface area contributed by atoms with Crippen LogP contribution >= 0.6 is 11.6 Å². The molecular formula is C21H18ClN7O4S. The van der Waals surface area contributed by atoms with E-state index in [1.54, 1.807) is 55.6 Å². The number of aliphatic imine (C=N–C) groups is 1. The summed E-state index contributed by atoms with van der Waals surface area (Å²) in [6.07, 6.45) is 2.66. The number of rotatable bonds is 7. The second kappa shape index (κ2) is 9.45. The summed E-state index contributed by atoms with van der Waals surface area (Å²) in [6.45, 7) is 1.54. The summed E-state index contributed by atoms with van der Waals surface area (Å²) in [5, 5.41) is 10.8. The highest BCUT2D eigenvalue weighted by Crippen LogP contribution is 2.20. The number of hydrazone groups is 1. The van der Waals surface area contributed by atoms with Crippen LogP contribution in [0.1, 0.15) is 17.0 Å². The van der Waals surface area contributed by atoms with Crippen molar-refractivity contribution in [1.29, 1.82) is 0 Å². The number of benzene rings is 2. The zero-order chi connectivity index (χ0) is 24.3. The number of aromatic amines is 1. The lowest BCUT2D eigenvalue weighted by Crippen LogP contribution is -2.29. The Kier molecular flexibility index (Phi) is 6.43. The van der Waals surface area contributed by atoms with Gasteiger partial charge in [-0.1, -0.05) is 23.7 Å². The highest BCUT2D eigenvalue weighted by atomic mass is 35.5. The van der Waals surface area contributed by atoms with Gasteiger partial charge in [0, 0.05) is 11.2 Å². The number of nitrogens with zero attached hydrogens (tertiary/aromatic N) is 5. The lowest BCUT2D eigenvalue weighted by molar-refractivity contribution is 0.415. The molecule has 0 radical (unpaired) electrons. The molecule has 2 aromatic carbocycles. The highest BCUT2D eigenvalue weighted by Gasteiger charge is 2.27. The molecule has 0 amide bonds. The van der Waals surface area contributed by atoms with Gasteiger partial charge in [-0.15, -0.1) is 0 Å². The molecule has 2 N–H and O–H groups in total. The van der Waals surface area contributed by atoms with Crippen molar-refractivity contribution in [2.45, 2.75) is 11.8 Å². The standard InChI is InChI=1S/C21H18ClN7O4S/c1-13-26-27-21-25-19(23-11-14-5-9-17(33-2)10-6-14)18(20(30)29(13)21)34(31,32)28-24-12-15-3-7-16(22)8-4-15/h3-12,28H,1-2H3,(H,25,27)/b23-11?,24-12+. The number of nitrogens with one attached hydrogen (secondary N) is 2. The van der Waals surface area contributed by atoms with Crippen molar-refractivity contribution >= 4 is 45.6 Å². The molecule has 2 heterocycles. The average Bonchev–Trinajstić information content (AvgIpc) is 3.20. The summed E-state index contributed by atoms with van der Waals surface area (Å²) in [4.78, 5) is 22.9. The van der Waals surface area contributed by atoms with Crippen molar-refractivity contribution in [2.24, 2.45) is 10.1 Å². The summed E-state index contributed by atoms with van der Waals surface area (Å²) >= 11 is 5.85. The number of hydrogen-bond donors (Lipinski definition) is 2. The average molecular weight is 500 g/mol. The zero-order valence-electron chi connectivity index (χ0n) is 17.9. The maximum absolute atomic E-state index is 13.1. The summed E-state index contributed by atoms with van der Waals surface area (Å²) in [6, 6.07) is 13.5. The Balaban J connectivity index is 1.75. The maximum Gasteiger partial charge on any atom is 0.285 e. The van der Waals surface area contributed by atoms with E-state index in [0.717, 1.165) is 4.40 Å². The molecule has 0 bridgehead atoms. The number of fused-ring (bicyclic) bond motifs is 1. The van der Waals surface area contributed by atoms with E-state index in [0.29, 0.717) is 21.9 Å². The normalized spacial score (nSPS) is 12.1. The Morgan fingerprint density at radius 1 is 1.09 bits per heavy atom. The minimum atomic E-state index is -4.45. The van der Waals surface area contributed by atoms with Crippen LogP contribution < -0.4 is 15.1 Å². The summed E-state index contributed by atoms with van der Waals surface area (Å²) < 4.78 is 32.3. The van der Waals surface area contributed by atoms with Crippen LogP contribution in [-0.2, 0) is 10.0 Å². The number of H-pyrrole nitrogens is 1. The van der Waals surface area contributed by atoms with Gasteiger partial charge in [0.2, 0.25) is 5.78 Å². The van der Waals surface area contributed by atoms with Crippen molar-refractivity contribution in [3.05, 3.63) is 80.9 Å². The topological polar surface area (TPSA) is 143 Å². The first-order valence-electron chi connectivity index (χ1n) is 9.75. The molecule has 0 saturated heterocycles. The number of aromatic nitrogens is 4. The zero-order valence-corrected chi connectivity index (χ0v) is 19.5. The van der Waals surface area contributed by atoms with Crippen molar-refractivity contribution < 1.29 is 13.2 Å². The van der Waals surface area contributed by atoms with Crippen LogP contribution in [0.2, 0.25) is 5.02 Å². The van der Waals surface area contributed by atoms with Crippen LogP contribution in [-0.4, -0.2) is 47.5 Å². The molecule has 0 fully saturated rings. The van der Waals surface area contributed by atoms with Gasteiger partial charge in [0.1, 0.15) is 11.6 Å². The predicted octanol–water partition coefficient (Wildman–Crippen LogP) is 2.45. The van der Waals surface area contributed by atoms with Gasteiger partial charge in [0.15, 0.2) is 10.7 Å². The van der Waals surface area contributed by atoms with Crippen LogP contribution in [0.3, 0.4) is 0 Å². The van der Waals surface area contributed by atoms with Gasteiger partial charge in [-0.2, -0.15) is 28.4 Å². The fourth-order valence-corrected chi connectivity index (χ4v) is 4.03. The smallest absolute Gasteiger partial charge is 0.285 e. The lowest BCUT2D eigenvalue weighted by Gasteiger charge is -2.06. The monoisotopic (exact) mass is 499 g/mol. The first kappa shape index (κ1) is 23.1. The number of methoxy groups -OCH3 is 1. The molecular weight excluding hydrogens is 482 g/mol. The Morgan fingerprint density at radius 2 is 1.74 bits per heavy atom. The predicted molar refractivity (Wildman–Crippen MR) is 128 cm³/mol. The van der Waals surface area contributed by atoms with E-state index in [9.17, 15) is 13.2 Å². The molecule has 0 atom stereocenters. The van der Waals surface area contributed by atoms with Gasteiger partial charge >= 0.3 is 0 Å². The molecule has 13 heteroatoms. The van der Waals surface area contributed by atoms with Gasteiger partial charge in [-0.3, -0.25) is 4.79 Å². The third-order valence-corrected chi connectivity index (χ3v) is 6.13. The molecule has 0 spiro atoms. The van der Waals surface area contributed by atoms with E-state index in [1.807, 2.05) is 4.83 Å². The van der Waals surface area contributed by atoms with Crippen molar-refractivity contribution in [1.82, 2.24) is 24.4 Å². The van der Waals surface area contributed by atoms with E-state index >= 15 is 0 Å². The summed E-state index contributed by atoms with van der Waals surface area (Å²) in [7, 11) is -2.90. The van der Waals surface area contributed by atoms with Crippen molar-refractivity contribution in [3.8, 4) is 5.75 Å². The summed E-state index contributed by atoms with van der Waals surface area (Å²) in [5.74, 6) is 0.611. The Hall–Kier alpha value is -4.03. The molecule has 34 heavy (non-hydrogen) atoms. The number of ether oxygens (including phenoxy) is 1. The molecule has 0 aliphatic rings. The lowest BCUT2D eigenvalue weighted by atomic mass is 10.2. The van der Waals surface area contributed by atoms with E-state index in [-0.39, 0.29) is 17.4 Å². The van der Waals surface area contributed by atoms with Gasteiger partial charge in [-0.05, 0) is 54.4 Å². The Bertz CT molecular complexity index is 1560. The number of hydrogen-bond acceptors (Lipinski definition) is 8. The molecule has 11 nitrogen and oxygen atoms in total. The second-order valence-corrected chi connectivity index (χ2v) is 8.97. The van der Waals surface area contributed by atoms with Crippen molar-refractivity contribution in [3.63, 3.8) is 0 Å². The quantitative estimate of drug-likeness (QED) is 0.295.